The van der Waals surface area contributed by atoms with Gasteiger partial charge in [-0.05, 0) is 54.6 Å². The van der Waals surface area contributed by atoms with Crippen LogP contribution in [0.1, 0.15) is 35.9 Å². The van der Waals surface area contributed by atoms with E-state index in [0.717, 1.165) is 16.5 Å². The zero-order valence-corrected chi connectivity index (χ0v) is 22.3. The second-order valence-electron chi connectivity index (χ2n) is 8.98. The van der Waals surface area contributed by atoms with Gasteiger partial charge >= 0.3 is 5.97 Å². The molecule has 0 saturated heterocycles. The number of nitrogens with zero attached hydrogens (tertiary/aromatic N) is 4. The highest BCUT2D eigenvalue weighted by Gasteiger charge is 2.20. The predicted octanol–water partition coefficient (Wildman–Crippen LogP) is 4.78. The molecule has 3 aromatic heterocycles. The van der Waals surface area contributed by atoms with E-state index >= 15 is 0 Å². The minimum atomic E-state index is -0.588. The van der Waals surface area contributed by atoms with Gasteiger partial charge in [0, 0.05) is 29.8 Å². The van der Waals surface area contributed by atoms with Crippen molar-refractivity contribution in [2.24, 2.45) is 0 Å². The Morgan fingerprint density at radius 3 is 2.60 bits per heavy atom. The molecule has 0 saturated carbocycles. The number of ether oxygens (including phenoxy) is 2. The van der Waals surface area contributed by atoms with Gasteiger partial charge in [-0.1, -0.05) is 36.4 Å². The van der Waals surface area contributed by atoms with Crippen molar-refractivity contribution >= 4 is 28.5 Å². The van der Waals surface area contributed by atoms with E-state index in [1.807, 2.05) is 67.6 Å². The number of methoxy groups -OCH3 is 1. The largest absolute Gasteiger partial charge is 0.481 e. The van der Waals surface area contributed by atoms with Gasteiger partial charge in [-0.25, -0.2) is 14.8 Å². The van der Waals surface area contributed by atoms with Crippen molar-refractivity contribution in [1.29, 1.82) is 0 Å². The molecule has 0 aliphatic rings. The van der Waals surface area contributed by atoms with Crippen LogP contribution < -0.4 is 21.3 Å². The summed E-state index contributed by atoms with van der Waals surface area (Å²) in [5.41, 5.74) is 8.90. The Kier molecular flexibility index (Phi) is 7.41. The van der Waals surface area contributed by atoms with Gasteiger partial charge < -0.3 is 20.5 Å². The highest BCUT2D eigenvalue weighted by atomic mass is 16.5. The number of anilines is 2. The van der Waals surface area contributed by atoms with Crippen LogP contribution in [0, 0.1) is 0 Å². The van der Waals surface area contributed by atoms with Crippen molar-refractivity contribution in [2.45, 2.75) is 19.9 Å². The Bertz CT molecular complexity index is 1750. The molecule has 0 spiro atoms. The molecular weight excluding hydrogens is 508 g/mol. The van der Waals surface area contributed by atoms with Gasteiger partial charge in [0.05, 0.1) is 25.1 Å². The van der Waals surface area contributed by atoms with E-state index in [4.69, 9.17) is 15.2 Å². The number of fused-ring (bicyclic) bond motifs is 1. The van der Waals surface area contributed by atoms with E-state index in [1.54, 1.807) is 30.9 Å². The first-order valence-electron chi connectivity index (χ1n) is 12.7. The van der Waals surface area contributed by atoms with Crippen LogP contribution in [0.4, 0.5) is 11.8 Å². The van der Waals surface area contributed by atoms with E-state index in [1.165, 1.54) is 6.20 Å². The average molecular weight is 537 g/mol. The Balaban J connectivity index is 1.64. The van der Waals surface area contributed by atoms with E-state index in [9.17, 15) is 9.59 Å². The quantitative estimate of drug-likeness (QED) is 0.269. The van der Waals surface area contributed by atoms with Crippen molar-refractivity contribution in [1.82, 2.24) is 19.5 Å². The van der Waals surface area contributed by atoms with E-state index in [-0.39, 0.29) is 29.5 Å². The molecule has 3 N–H and O–H groups in total. The smallest absolute Gasteiger partial charge is 0.343 e. The molecule has 5 aromatic rings. The van der Waals surface area contributed by atoms with Crippen LogP contribution in [0.25, 0.3) is 27.6 Å². The molecule has 1 atom stereocenters. The maximum Gasteiger partial charge on any atom is 0.343 e. The lowest BCUT2D eigenvalue weighted by molar-refractivity contribution is 0.0527. The van der Waals surface area contributed by atoms with Crippen molar-refractivity contribution < 1.29 is 14.3 Å². The number of esters is 1. The fourth-order valence-electron chi connectivity index (χ4n) is 4.57. The standard InChI is InChI=1S/C30H28N6O4/c1-4-40-29(38)23-17-33-30(35-27(23)31)34-18(2)24-15-20-9-8-12-22(19-13-14-32-25(16-19)39-3)26(20)28(37)36(24)21-10-6-5-7-11-21/h5-18H,4H2,1-3H3,(H3,31,33,34,35)/t18-/m0/s1. The van der Waals surface area contributed by atoms with Gasteiger partial charge in [0.15, 0.2) is 0 Å². The number of nitrogen functional groups attached to an aromatic ring is 1. The summed E-state index contributed by atoms with van der Waals surface area (Å²) in [6.45, 7) is 3.82. The third kappa shape index (κ3) is 5.06. The first-order valence-corrected chi connectivity index (χ1v) is 12.7. The van der Waals surface area contributed by atoms with Crippen LogP contribution in [0.15, 0.2) is 83.9 Å². The molecule has 0 unspecified atom stereocenters. The number of pyridine rings is 2. The van der Waals surface area contributed by atoms with Gasteiger partial charge in [0.25, 0.3) is 5.56 Å². The van der Waals surface area contributed by atoms with E-state index in [0.29, 0.717) is 22.6 Å². The maximum atomic E-state index is 14.3. The lowest BCUT2D eigenvalue weighted by Gasteiger charge is -2.22. The molecule has 10 nitrogen and oxygen atoms in total. The summed E-state index contributed by atoms with van der Waals surface area (Å²) in [7, 11) is 1.56. The summed E-state index contributed by atoms with van der Waals surface area (Å²) in [5.74, 6) is 0.0811. The Morgan fingerprint density at radius 1 is 1.07 bits per heavy atom. The van der Waals surface area contributed by atoms with Crippen LogP contribution in [-0.2, 0) is 4.74 Å². The first-order chi connectivity index (χ1) is 19.4. The molecule has 3 heterocycles. The Hall–Kier alpha value is -5.25. The van der Waals surface area contributed by atoms with Crippen LogP contribution in [0.2, 0.25) is 0 Å². The summed E-state index contributed by atoms with van der Waals surface area (Å²) >= 11 is 0. The fraction of sp³-hybridized carbons (Fsp3) is 0.167. The summed E-state index contributed by atoms with van der Waals surface area (Å²) in [5, 5.41) is 4.56. The number of aromatic nitrogens is 4. The summed E-state index contributed by atoms with van der Waals surface area (Å²) in [6.07, 6.45) is 2.98. The monoisotopic (exact) mass is 536 g/mol. The normalized spacial score (nSPS) is 11.7. The predicted molar refractivity (Wildman–Crippen MR) is 154 cm³/mol. The molecule has 2 aromatic carbocycles. The van der Waals surface area contributed by atoms with Crippen molar-refractivity contribution in [3.63, 3.8) is 0 Å². The molecule has 40 heavy (non-hydrogen) atoms. The van der Waals surface area contributed by atoms with E-state index < -0.39 is 12.0 Å². The second kappa shape index (κ2) is 11.2. The maximum absolute atomic E-state index is 14.3. The van der Waals surface area contributed by atoms with Crippen LogP contribution in [-0.4, -0.2) is 39.2 Å². The third-order valence-corrected chi connectivity index (χ3v) is 6.45. The number of hydrogen-bond donors (Lipinski definition) is 2. The number of nitrogens with one attached hydrogen (secondary N) is 1. The van der Waals surface area contributed by atoms with Gasteiger partial charge in [-0.3, -0.25) is 9.36 Å². The minimum Gasteiger partial charge on any atom is -0.481 e. The van der Waals surface area contributed by atoms with Crippen molar-refractivity contribution in [3.8, 4) is 22.7 Å². The van der Waals surface area contributed by atoms with Gasteiger partial charge in [-0.2, -0.15) is 4.98 Å². The molecule has 0 aliphatic heterocycles. The topological polar surface area (TPSA) is 134 Å². The molecule has 0 amide bonds. The highest BCUT2D eigenvalue weighted by Crippen LogP contribution is 2.31. The molecule has 0 bridgehead atoms. The summed E-state index contributed by atoms with van der Waals surface area (Å²) < 4.78 is 12.0. The molecule has 0 aliphatic carbocycles. The molecule has 0 radical (unpaired) electrons. The van der Waals surface area contributed by atoms with Crippen LogP contribution >= 0.6 is 0 Å². The highest BCUT2D eigenvalue weighted by molar-refractivity contribution is 5.97. The van der Waals surface area contributed by atoms with Gasteiger partial charge in [0.2, 0.25) is 11.8 Å². The SMILES string of the molecule is CCOC(=O)c1cnc(N[C@@H](C)c2cc3cccc(-c4ccnc(OC)c4)c3c(=O)n2-c2ccccc2)nc1N. The number of para-hydroxylation sites is 1. The zero-order valence-electron chi connectivity index (χ0n) is 22.3. The average Bonchev–Trinajstić information content (AvgIpc) is 2.97. The third-order valence-electron chi connectivity index (χ3n) is 6.45. The number of rotatable bonds is 8. The summed E-state index contributed by atoms with van der Waals surface area (Å²) in [4.78, 5) is 39.1. The van der Waals surface area contributed by atoms with E-state index in [2.05, 4.69) is 20.3 Å². The lowest BCUT2D eigenvalue weighted by Crippen LogP contribution is -2.26. The Morgan fingerprint density at radius 2 is 1.88 bits per heavy atom. The number of carbonyl (C=O) groups excluding carboxylic acids is 1. The van der Waals surface area contributed by atoms with Crippen molar-refractivity contribution in [3.05, 3.63) is 101 Å². The molecule has 10 heteroatoms. The number of carbonyl (C=O) groups is 1. The number of benzene rings is 2. The van der Waals surface area contributed by atoms with Gasteiger partial charge in [0.1, 0.15) is 11.4 Å². The zero-order chi connectivity index (χ0) is 28.2. The second-order valence-corrected chi connectivity index (χ2v) is 8.98. The molecular formula is C30H28N6O4. The minimum absolute atomic E-state index is 0.000433. The Labute approximate surface area is 230 Å². The molecule has 5 rings (SSSR count). The molecule has 0 fully saturated rings. The number of nitrogens with two attached hydrogens (primary N) is 1. The van der Waals surface area contributed by atoms with Crippen molar-refractivity contribution in [2.75, 3.05) is 24.8 Å². The van der Waals surface area contributed by atoms with Crippen LogP contribution in [0.3, 0.4) is 0 Å². The van der Waals surface area contributed by atoms with Gasteiger partial charge in [-0.15, -0.1) is 0 Å². The number of hydrogen-bond acceptors (Lipinski definition) is 9. The summed E-state index contributed by atoms with van der Waals surface area (Å²) in [6, 6.07) is 20.4. The first kappa shape index (κ1) is 26.4. The fourth-order valence-corrected chi connectivity index (χ4v) is 4.57. The lowest BCUT2D eigenvalue weighted by atomic mass is 9.98. The molecule has 202 valence electrons. The van der Waals surface area contributed by atoms with Crippen LogP contribution in [0.5, 0.6) is 5.88 Å².